The molecule has 0 saturated carbocycles. The van der Waals surface area contributed by atoms with Crippen LogP contribution in [0.25, 0.3) is 0 Å². The first-order chi connectivity index (χ1) is 24.5. The summed E-state index contributed by atoms with van der Waals surface area (Å²) in [7, 11) is 0. The molecule has 270 valence electrons. The van der Waals surface area contributed by atoms with Crippen LogP contribution >= 0.6 is 0 Å². The van der Waals surface area contributed by atoms with Gasteiger partial charge in [0.05, 0.1) is 0 Å². The van der Waals surface area contributed by atoms with E-state index in [-0.39, 0.29) is 0 Å². The van der Waals surface area contributed by atoms with Gasteiger partial charge in [0.15, 0.2) is 0 Å². The van der Waals surface area contributed by atoms with Crippen molar-refractivity contribution in [1.82, 2.24) is 0 Å². The van der Waals surface area contributed by atoms with E-state index in [9.17, 15) is 0 Å². The molecule has 2 heteroatoms. The third-order valence-corrected chi connectivity index (χ3v) is 10.9. The summed E-state index contributed by atoms with van der Waals surface area (Å²) in [6.07, 6.45) is 23.2. The van der Waals surface area contributed by atoms with Crippen LogP contribution in [0, 0.1) is 0 Å². The van der Waals surface area contributed by atoms with E-state index in [1.807, 2.05) is 0 Å². The van der Waals surface area contributed by atoms with Crippen molar-refractivity contribution in [3.63, 3.8) is 0 Å². The van der Waals surface area contributed by atoms with Crippen LogP contribution in [0.5, 0.6) is 0 Å². The molecule has 2 atom stereocenters. The van der Waals surface area contributed by atoms with Crippen molar-refractivity contribution in [3.8, 4) is 0 Å². The second kappa shape index (κ2) is 22.3. The van der Waals surface area contributed by atoms with Crippen molar-refractivity contribution in [1.29, 1.82) is 0 Å². The van der Waals surface area contributed by atoms with Gasteiger partial charge in [0.2, 0.25) is 0 Å². The van der Waals surface area contributed by atoms with Crippen molar-refractivity contribution in [2.24, 2.45) is 0 Å². The van der Waals surface area contributed by atoms with Crippen molar-refractivity contribution >= 4 is 11.4 Å². The monoisotopic (exact) mass is 673 g/mol. The summed E-state index contributed by atoms with van der Waals surface area (Å²) in [5.74, 6) is 1.22. The zero-order valence-electron chi connectivity index (χ0n) is 31.9. The number of rotatable bonds is 24. The molecule has 2 nitrogen and oxygen atoms in total. The first-order valence-corrected chi connectivity index (χ1v) is 20.4. The van der Waals surface area contributed by atoms with Gasteiger partial charge in [-0.1, -0.05) is 190 Å². The van der Waals surface area contributed by atoms with Crippen LogP contribution in [-0.4, -0.2) is 0 Å². The van der Waals surface area contributed by atoms with Crippen LogP contribution in [0.4, 0.5) is 11.4 Å². The molecule has 0 aliphatic carbocycles. The lowest BCUT2D eigenvalue weighted by Gasteiger charge is -2.23. The molecule has 0 saturated heterocycles. The average molecular weight is 673 g/mol. The lowest BCUT2D eigenvalue weighted by molar-refractivity contribution is 0.567. The van der Waals surface area contributed by atoms with Crippen molar-refractivity contribution in [3.05, 3.63) is 130 Å². The highest BCUT2D eigenvalue weighted by molar-refractivity contribution is 5.45. The van der Waals surface area contributed by atoms with Gasteiger partial charge in [-0.05, 0) is 76.9 Å². The molecule has 4 rings (SSSR count). The number of nitrogens with two attached hydrogens (primary N) is 2. The normalized spacial score (nSPS) is 13.3. The first-order valence-electron chi connectivity index (χ1n) is 20.4. The smallest absolute Gasteiger partial charge is 0.0314 e. The van der Waals surface area contributed by atoms with E-state index in [4.69, 9.17) is 11.5 Å². The molecular formula is C48H68N2. The summed E-state index contributed by atoms with van der Waals surface area (Å²) in [4.78, 5) is 0. The Morgan fingerprint density at radius 2 is 0.500 bits per heavy atom. The molecule has 0 radical (unpaired) electrons. The fourth-order valence-electron chi connectivity index (χ4n) is 7.81. The zero-order valence-corrected chi connectivity index (χ0v) is 31.9. The van der Waals surface area contributed by atoms with Gasteiger partial charge in [-0.15, -0.1) is 0 Å². The van der Waals surface area contributed by atoms with Gasteiger partial charge in [0, 0.05) is 29.1 Å². The molecule has 0 spiro atoms. The lowest BCUT2D eigenvalue weighted by Crippen LogP contribution is -2.06. The minimum atomic E-state index is 0.408. The average Bonchev–Trinajstić information content (AvgIpc) is 3.14. The van der Waals surface area contributed by atoms with Gasteiger partial charge in [-0.25, -0.2) is 0 Å². The molecule has 4 aromatic carbocycles. The highest BCUT2D eigenvalue weighted by Gasteiger charge is 2.19. The van der Waals surface area contributed by atoms with Crippen LogP contribution in [0.1, 0.15) is 187 Å². The number of nitrogen functional groups attached to an aromatic ring is 2. The molecule has 2 unspecified atom stereocenters. The third kappa shape index (κ3) is 12.7. The molecular weight excluding hydrogens is 605 g/mol. The minimum absolute atomic E-state index is 0.408. The Bertz CT molecular complexity index is 1330. The molecule has 4 aromatic rings. The van der Waals surface area contributed by atoms with E-state index >= 15 is 0 Å². The van der Waals surface area contributed by atoms with Crippen LogP contribution in [0.2, 0.25) is 0 Å². The van der Waals surface area contributed by atoms with Crippen molar-refractivity contribution in [2.45, 2.75) is 154 Å². The van der Waals surface area contributed by atoms with Crippen LogP contribution in [-0.2, 0) is 0 Å². The van der Waals surface area contributed by atoms with E-state index in [1.54, 1.807) is 0 Å². The first kappa shape index (κ1) is 39.3. The largest absolute Gasteiger partial charge is 0.399 e. The number of benzene rings is 4. The topological polar surface area (TPSA) is 52.0 Å². The fraction of sp³-hybridized carbons (Fsp3) is 0.500. The van der Waals surface area contributed by atoms with Crippen LogP contribution < -0.4 is 11.5 Å². The maximum Gasteiger partial charge on any atom is 0.0314 e. The SMILES string of the molecule is CCCCCCCCC(c1ccc(N)cc1)c1ccc(C(CCCCC)c2ccc(C(CCCCCCCC)c3ccc(N)cc3)cc2)cc1. The predicted molar refractivity (Wildman–Crippen MR) is 220 cm³/mol. The quantitative estimate of drug-likeness (QED) is 0.0575. The van der Waals surface area contributed by atoms with Crippen LogP contribution in [0.3, 0.4) is 0 Å². The van der Waals surface area contributed by atoms with E-state index in [0.717, 1.165) is 11.4 Å². The summed E-state index contributed by atoms with van der Waals surface area (Å²) in [6.45, 7) is 6.89. The van der Waals surface area contributed by atoms with Gasteiger partial charge in [-0.2, -0.15) is 0 Å². The van der Waals surface area contributed by atoms with Gasteiger partial charge < -0.3 is 11.5 Å². The Balaban J connectivity index is 1.54. The van der Waals surface area contributed by atoms with Crippen molar-refractivity contribution in [2.75, 3.05) is 11.5 Å². The summed E-state index contributed by atoms with van der Waals surface area (Å²) >= 11 is 0. The maximum absolute atomic E-state index is 6.09. The molecule has 4 N–H and O–H groups in total. The van der Waals surface area contributed by atoms with Crippen LogP contribution in [0.15, 0.2) is 97.1 Å². The van der Waals surface area contributed by atoms with E-state index < -0.39 is 0 Å². The number of hydrogen-bond donors (Lipinski definition) is 2. The molecule has 0 aromatic heterocycles. The molecule has 50 heavy (non-hydrogen) atoms. The van der Waals surface area contributed by atoms with Gasteiger partial charge in [-0.3, -0.25) is 0 Å². The Kier molecular flexibility index (Phi) is 17.5. The van der Waals surface area contributed by atoms with E-state index in [2.05, 4.69) is 118 Å². The summed E-state index contributed by atoms with van der Waals surface area (Å²) in [5, 5.41) is 0. The fourth-order valence-corrected chi connectivity index (χ4v) is 7.81. The molecule has 0 fully saturated rings. The molecule has 0 heterocycles. The maximum atomic E-state index is 6.09. The minimum Gasteiger partial charge on any atom is -0.399 e. The number of hydrogen-bond acceptors (Lipinski definition) is 2. The zero-order chi connectivity index (χ0) is 35.4. The number of unbranched alkanes of at least 4 members (excludes halogenated alkanes) is 12. The standard InChI is InChI=1S/C48H68N2/c1-4-7-10-12-14-17-20-47(42-30-34-44(49)35-31-42)40-26-22-38(23-27-40)46(19-16-9-6-3)39-24-28-41(29-25-39)48(21-18-15-13-11-8-5-2)43-32-36-45(50)37-33-43/h22-37,46-48H,4-21,49-50H2,1-3H3. The lowest BCUT2D eigenvalue weighted by atomic mass is 9.82. The molecule has 0 amide bonds. The predicted octanol–water partition coefficient (Wildman–Crippen LogP) is 14.3. The Morgan fingerprint density at radius 1 is 0.300 bits per heavy atom. The summed E-state index contributed by atoms with van der Waals surface area (Å²) in [5.41, 5.74) is 22.4. The van der Waals surface area contributed by atoms with E-state index in [1.165, 1.54) is 149 Å². The van der Waals surface area contributed by atoms with Crippen molar-refractivity contribution < 1.29 is 0 Å². The molecule has 0 aliphatic rings. The Morgan fingerprint density at radius 3 is 0.780 bits per heavy atom. The van der Waals surface area contributed by atoms with Gasteiger partial charge in [0.25, 0.3) is 0 Å². The summed E-state index contributed by atoms with van der Waals surface area (Å²) < 4.78 is 0. The molecule has 0 bridgehead atoms. The Labute approximate surface area is 306 Å². The van der Waals surface area contributed by atoms with E-state index in [0.29, 0.717) is 17.8 Å². The second-order valence-electron chi connectivity index (χ2n) is 14.9. The second-order valence-corrected chi connectivity index (χ2v) is 14.9. The summed E-state index contributed by atoms with van der Waals surface area (Å²) in [6, 6.07) is 36.6. The number of anilines is 2. The Hall–Kier alpha value is -3.52. The third-order valence-electron chi connectivity index (χ3n) is 10.9. The molecule has 0 aliphatic heterocycles. The van der Waals surface area contributed by atoms with Gasteiger partial charge in [0.1, 0.15) is 0 Å². The highest BCUT2D eigenvalue weighted by Crippen LogP contribution is 2.37. The van der Waals surface area contributed by atoms with Gasteiger partial charge >= 0.3 is 0 Å². The highest BCUT2D eigenvalue weighted by atomic mass is 14.5.